The fourth-order valence-electron chi connectivity index (χ4n) is 1.57. The summed E-state index contributed by atoms with van der Waals surface area (Å²) >= 11 is 0. The molecule has 1 N–H and O–H groups in total. The Hall–Kier alpha value is -0.150. The first-order valence-electron chi connectivity index (χ1n) is 5.74. The van der Waals surface area contributed by atoms with Crippen LogP contribution in [-0.2, 0) is 0 Å². The third-order valence-electron chi connectivity index (χ3n) is 2.32. The summed E-state index contributed by atoms with van der Waals surface area (Å²) in [5, 5.41) is 8.58. The zero-order valence-electron chi connectivity index (χ0n) is 9.34. The number of hydrogen-bond acceptors (Lipinski definition) is 2. The van der Waals surface area contributed by atoms with Crippen molar-refractivity contribution in [2.75, 3.05) is 32.9 Å². The van der Waals surface area contributed by atoms with Crippen LogP contribution < -0.4 is 0 Å². The summed E-state index contributed by atoms with van der Waals surface area (Å²) in [5.74, 6) is 0. The Morgan fingerprint density at radius 2 is 1.71 bits per heavy atom. The molecule has 0 amide bonds. The van der Waals surface area contributed by atoms with E-state index in [-0.39, 0.29) is 6.67 Å². The van der Waals surface area contributed by atoms with E-state index in [1.807, 2.05) is 0 Å². The number of rotatable bonds is 10. The van der Waals surface area contributed by atoms with Crippen molar-refractivity contribution < 1.29 is 9.50 Å². The lowest BCUT2D eigenvalue weighted by atomic mass is 10.2. The maximum atomic E-state index is 12.1. The van der Waals surface area contributed by atoms with Gasteiger partial charge in [0.2, 0.25) is 0 Å². The van der Waals surface area contributed by atoms with E-state index in [4.69, 9.17) is 5.11 Å². The third kappa shape index (κ3) is 8.45. The summed E-state index contributed by atoms with van der Waals surface area (Å²) in [6, 6.07) is 0. The molecule has 0 rings (SSSR count). The van der Waals surface area contributed by atoms with Crippen molar-refractivity contribution in [1.82, 2.24) is 4.90 Å². The molecule has 14 heavy (non-hydrogen) atoms. The lowest BCUT2D eigenvalue weighted by Gasteiger charge is -2.19. The highest BCUT2D eigenvalue weighted by atomic mass is 19.1. The van der Waals surface area contributed by atoms with Crippen molar-refractivity contribution in [2.24, 2.45) is 0 Å². The fraction of sp³-hybridized carbons (Fsp3) is 1.00. The average Bonchev–Trinajstić information content (AvgIpc) is 2.18. The second kappa shape index (κ2) is 10.9. The van der Waals surface area contributed by atoms with Gasteiger partial charge >= 0.3 is 0 Å². The molecule has 2 nitrogen and oxygen atoms in total. The predicted octanol–water partition coefficient (Wildman–Crippen LogP) is 2.22. The van der Waals surface area contributed by atoms with Crippen LogP contribution in [0.4, 0.5) is 4.39 Å². The largest absolute Gasteiger partial charge is 0.396 e. The Kier molecular flexibility index (Phi) is 10.8. The quantitative estimate of drug-likeness (QED) is 0.553. The van der Waals surface area contributed by atoms with Gasteiger partial charge in [0.05, 0.1) is 0 Å². The van der Waals surface area contributed by atoms with Gasteiger partial charge in [0.1, 0.15) is 6.67 Å². The van der Waals surface area contributed by atoms with E-state index in [0.717, 1.165) is 45.2 Å². The third-order valence-corrected chi connectivity index (χ3v) is 2.32. The Labute approximate surface area is 87.1 Å². The first-order chi connectivity index (χ1) is 6.85. The molecule has 0 saturated carbocycles. The standard InChI is InChI=1S/C11H24FNO/c1-2-8-13(10-7-12)9-5-3-4-6-11-14/h14H,2-11H2,1H3. The second-order valence-electron chi connectivity index (χ2n) is 3.67. The van der Waals surface area contributed by atoms with Gasteiger partial charge < -0.3 is 10.0 Å². The van der Waals surface area contributed by atoms with Crippen molar-refractivity contribution in [1.29, 1.82) is 0 Å². The van der Waals surface area contributed by atoms with Crippen LogP contribution in [0.15, 0.2) is 0 Å². The van der Waals surface area contributed by atoms with Crippen LogP contribution in [0.25, 0.3) is 0 Å². The predicted molar refractivity (Wildman–Crippen MR) is 58.3 cm³/mol. The van der Waals surface area contributed by atoms with Gasteiger partial charge in [-0.2, -0.15) is 0 Å². The van der Waals surface area contributed by atoms with Crippen LogP contribution in [0.2, 0.25) is 0 Å². The fourth-order valence-corrected chi connectivity index (χ4v) is 1.57. The van der Waals surface area contributed by atoms with E-state index in [1.54, 1.807) is 0 Å². The Balaban J connectivity index is 3.30. The normalized spacial score (nSPS) is 11.1. The van der Waals surface area contributed by atoms with Gasteiger partial charge in [-0.25, -0.2) is 4.39 Å². The molecule has 86 valence electrons. The highest BCUT2D eigenvalue weighted by Gasteiger charge is 2.02. The number of aliphatic hydroxyl groups is 1. The summed E-state index contributed by atoms with van der Waals surface area (Å²) in [6.45, 7) is 4.76. The number of aliphatic hydroxyl groups excluding tert-OH is 1. The first-order valence-corrected chi connectivity index (χ1v) is 5.74. The highest BCUT2D eigenvalue weighted by molar-refractivity contribution is 4.56. The molecular weight excluding hydrogens is 181 g/mol. The second-order valence-corrected chi connectivity index (χ2v) is 3.67. The van der Waals surface area contributed by atoms with Crippen LogP contribution in [0.5, 0.6) is 0 Å². The molecule has 0 bridgehead atoms. The van der Waals surface area contributed by atoms with Gasteiger partial charge in [0.15, 0.2) is 0 Å². The molecular formula is C11H24FNO. The van der Waals surface area contributed by atoms with Crippen LogP contribution in [0.1, 0.15) is 39.0 Å². The number of unbranched alkanes of at least 4 members (excludes halogenated alkanes) is 3. The van der Waals surface area contributed by atoms with Gasteiger partial charge in [-0.1, -0.05) is 19.8 Å². The van der Waals surface area contributed by atoms with Crippen LogP contribution in [-0.4, -0.2) is 42.9 Å². The molecule has 0 heterocycles. The van der Waals surface area contributed by atoms with Gasteiger partial charge in [0.25, 0.3) is 0 Å². The molecule has 0 aliphatic carbocycles. The van der Waals surface area contributed by atoms with Crippen molar-refractivity contribution >= 4 is 0 Å². The van der Waals surface area contributed by atoms with E-state index in [0.29, 0.717) is 13.2 Å². The minimum absolute atomic E-state index is 0.239. The summed E-state index contributed by atoms with van der Waals surface area (Å²) in [7, 11) is 0. The highest BCUT2D eigenvalue weighted by Crippen LogP contribution is 2.02. The van der Waals surface area contributed by atoms with Crippen LogP contribution in [0, 0.1) is 0 Å². The zero-order chi connectivity index (χ0) is 10.6. The molecule has 0 radical (unpaired) electrons. The molecule has 0 aliphatic rings. The molecule has 0 aliphatic heterocycles. The first kappa shape index (κ1) is 13.8. The molecule has 0 spiro atoms. The van der Waals surface area contributed by atoms with Crippen molar-refractivity contribution in [3.05, 3.63) is 0 Å². The van der Waals surface area contributed by atoms with Crippen LogP contribution >= 0.6 is 0 Å². The van der Waals surface area contributed by atoms with Gasteiger partial charge in [-0.05, 0) is 32.4 Å². The van der Waals surface area contributed by atoms with E-state index < -0.39 is 0 Å². The molecule has 3 heteroatoms. The van der Waals surface area contributed by atoms with Gasteiger partial charge in [-0.3, -0.25) is 0 Å². The number of halogens is 1. The minimum atomic E-state index is -0.239. The zero-order valence-corrected chi connectivity index (χ0v) is 9.34. The maximum absolute atomic E-state index is 12.1. The molecule has 0 saturated heterocycles. The summed E-state index contributed by atoms with van der Waals surface area (Å²) < 4.78 is 12.1. The molecule has 0 aromatic rings. The van der Waals surface area contributed by atoms with E-state index in [9.17, 15) is 4.39 Å². The minimum Gasteiger partial charge on any atom is -0.396 e. The number of nitrogens with zero attached hydrogens (tertiary/aromatic N) is 1. The average molecular weight is 205 g/mol. The Bertz CT molecular complexity index is 105. The summed E-state index contributed by atoms with van der Waals surface area (Å²) in [6.07, 6.45) is 5.35. The number of hydrogen-bond donors (Lipinski definition) is 1. The number of alkyl halides is 1. The molecule has 0 unspecified atom stereocenters. The molecule has 0 fully saturated rings. The monoisotopic (exact) mass is 205 g/mol. The SMILES string of the molecule is CCCN(CCF)CCCCCCO. The molecule has 0 aromatic carbocycles. The Morgan fingerprint density at radius 3 is 2.29 bits per heavy atom. The molecule has 0 aromatic heterocycles. The summed E-state index contributed by atoms with van der Waals surface area (Å²) in [5.41, 5.74) is 0. The lowest BCUT2D eigenvalue weighted by molar-refractivity contribution is 0.240. The topological polar surface area (TPSA) is 23.5 Å². The maximum Gasteiger partial charge on any atom is 0.102 e. The van der Waals surface area contributed by atoms with Crippen molar-refractivity contribution in [3.63, 3.8) is 0 Å². The smallest absolute Gasteiger partial charge is 0.102 e. The molecule has 0 atom stereocenters. The summed E-state index contributed by atoms with van der Waals surface area (Å²) in [4.78, 5) is 2.18. The van der Waals surface area contributed by atoms with Gasteiger partial charge in [-0.15, -0.1) is 0 Å². The van der Waals surface area contributed by atoms with E-state index in [2.05, 4.69) is 11.8 Å². The van der Waals surface area contributed by atoms with Crippen molar-refractivity contribution in [3.8, 4) is 0 Å². The Morgan fingerprint density at radius 1 is 1.00 bits per heavy atom. The van der Waals surface area contributed by atoms with E-state index >= 15 is 0 Å². The van der Waals surface area contributed by atoms with Gasteiger partial charge in [0, 0.05) is 13.2 Å². The van der Waals surface area contributed by atoms with Crippen molar-refractivity contribution in [2.45, 2.75) is 39.0 Å². The van der Waals surface area contributed by atoms with E-state index in [1.165, 1.54) is 0 Å². The lowest BCUT2D eigenvalue weighted by Crippen LogP contribution is -2.27. The van der Waals surface area contributed by atoms with Crippen LogP contribution in [0.3, 0.4) is 0 Å².